The summed E-state index contributed by atoms with van der Waals surface area (Å²) in [5, 5.41) is 7.36. The summed E-state index contributed by atoms with van der Waals surface area (Å²) in [7, 11) is 0. The lowest BCUT2D eigenvalue weighted by molar-refractivity contribution is 0.358. The molecule has 0 amide bonds. The molecule has 1 heterocycles. The van der Waals surface area contributed by atoms with Gasteiger partial charge < -0.3 is 9.84 Å². The van der Waals surface area contributed by atoms with Crippen LogP contribution in [0.4, 0.5) is 0 Å². The third kappa shape index (κ3) is 4.48. The summed E-state index contributed by atoms with van der Waals surface area (Å²) in [6, 6.07) is 10.7. The molecule has 1 aromatic heterocycles. The maximum atomic E-state index is 5.27. The van der Waals surface area contributed by atoms with Crippen LogP contribution in [0.3, 0.4) is 0 Å². The van der Waals surface area contributed by atoms with Gasteiger partial charge >= 0.3 is 0 Å². The Morgan fingerprint density at radius 2 is 2.00 bits per heavy atom. The first-order valence-electron chi connectivity index (χ1n) is 6.86. The van der Waals surface area contributed by atoms with E-state index in [1.165, 1.54) is 5.56 Å². The van der Waals surface area contributed by atoms with Gasteiger partial charge in [0.2, 0.25) is 5.89 Å². The highest BCUT2D eigenvalue weighted by atomic mass is 16.5. The molecule has 1 aromatic carbocycles. The van der Waals surface area contributed by atoms with Gasteiger partial charge in [0.05, 0.1) is 0 Å². The van der Waals surface area contributed by atoms with Crippen molar-refractivity contribution in [1.29, 1.82) is 0 Å². The van der Waals surface area contributed by atoms with E-state index >= 15 is 0 Å². The van der Waals surface area contributed by atoms with Gasteiger partial charge in [-0.1, -0.05) is 42.4 Å². The highest BCUT2D eigenvalue weighted by molar-refractivity contribution is 5.15. The summed E-state index contributed by atoms with van der Waals surface area (Å²) in [5.74, 6) is 1.51. The summed E-state index contributed by atoms with van der Waals surface area (Å²) in [6.07, 6.45) is 2.55. The van der Waals surface area contributed by atoms with Gasteiger partial charge in [0.1, 0.15) is 0 Å². The predicted octanol–water partition coefficient (Wildman–Crippen LogP) is 2.40. The smallest absolute Gasteiger partial charge is 0.228 e. The first kappa shape index (κ1) is 13.7. The molecule has 4 heteroatoms. The molecule has 2 aromatic rings. The highest BCUT2D eigenvalue weighted by Crippen LogP contribution is 2.06. The van der Waals surface area contributed by atoms with Gasteiger partial charge in [-0.25, -0.2) is 0 Å². The number of aromatic nitrogens is 2. The Bertz CT molecular complexity index is 481. The van der Waals surface area contributed by atoms with Crippen LogP contribution < -0.4 is 5.32 Å². The van der Waals surface area contributed by atoms with Crippen LogP contribution in [-0.4, -0.2) is 22.7 Å². The molecule has 19 heavy (non-hydrogen) atoms. The molecule has 4 nitrogen and oxygen atoms in total. The van der Waals surface area contributed by atoms with Gasteiger partial charge in [-0.05, 0) is 25.5 Å². The minimum absolute atomic E-state index is 0.368. The minimum Gasteiger partial charge on any atom is -0.339 e. The fraction of sp³-hybridized carbons (Fsp3) is 0.467. The number of nitrogens with zero attached hydrogens (tertiary/aromatic N) is 2. The average Bonchev–Trinajstić information content (AvgIpc) is 2.85. The van der Waals surface area contributed by atoms with Gasteiger partial charge in [-0.2, -0.15) is 4.98 Å². The van der Waals surface area contributed by atoms with E-state index in [0.717, 1.165) is 37.5 Å². The van der Waals surface area contributed by atoms with Gasteiger partial charge in [0.25, 0.3) is 0 Å². The SMILES string of the molecule is CCNC(C)Cc1nc(CCc2ccccc2)no1. The zero-order chi connectivity index (χ0) is 13.5. The maximum Gasteiger partial charge on any atom is 0.228 e. The van der Waals surface area contributed by atoms with E-state index in [1.54, 1.807) is 0 Å². The van der Waals surface area contributed by atoms with Gasteiger partial charge in [0.15, 0.2) is 5.82 Å². The van der Waals surface area contributed by atoms with Crippen molar-refractivity contribution in [2.24, 2.45) is 0 Å². The van der Waals surface area contributed by atoms with Crippen LogP contribution in [0.1, 0.15) is 31.1 Å². The number of hydrogen-bond acceptors (Lipinski definition) is 4. The van der Waals surface area contributed by atoms with Crippen LogP contribution in [0.2, 0.25) is 0 Å². The predicted molar refractivity (Wildman–Crippen MR) is 75.0 cm³/mol. The highest BCUT2D eigenvalue weighted by Gasteiger charge is 2.10. The van der Waals surface area contributed by atoms with E-state index in [1.807, 2.05) is 6.07 Å². The number of likely N-dealkylation sites (N-methyl/N-ethyl adjacent to an activating group) is 1. The Balaban J connectivity index is 1.84. The van der Waals surface area contributed by atoms with Gasteiger partial charge in [0, 0.05) is 18.9 Å². The molecule has 0 radical (unpaired) electrons. The van der Waals surface area contributed by atoms with Crippen LogP contribution in [0.5, 0.6) is 0 Å². The van der Waals surface area contributed by atoms with Crippen LogP contribution in [0.15, 0.2) is 34.9 Å². The molecule has 0 fully saturated rings. The third-order valence-corrected chi connectivity index (χ3v) is 3.02. The standard InChI is InChI=1S/C15H21N3O/c1-3-16-12(2)11-15-17-14(18-19-15)10-9-13-7-5-4-6-8-13/h4-8,12,16H,3,9-11H2,1-2H3. The molecule has 1 N–H and O–H groups in total. The van der Waals surface area contributed by atoms with Crippen molar-refractivity contribution in [1.82, 2.24) is 15.5 Å². The quantitative estimate of drug-likeness (QED) is 0.829. The van der Waals surface area contributed by atoms with Crippen LogP contribution in [0.25, 0.3) is 0 Å². The second-order valence-electron chi connectivity index (χ2n) is 4.75. The molecule has 1 unspecified atom stereocenters. The minimum atomic E-state index is 0.368. The van der Waals surface area contributed by atoms with E-state index in [-0.39, 0.29) is 0 Å². The summed E-state index contributed by atoms with van der Waals surface area (Å²) in [4.78, 5) is 4.43. The Morgan fingerprint density at radius 3 is 2.74 bits per heavy atom. The molecule has 102 valence electrons. The Hall–Kier alpha value is -1.68. The fourth-order valence-electron chi connectivity index (χ4n) is 2.06. The molecule has 0 aliphatic carbocycles. The number of rotatable bonds is 7. The monoisotopic (exact) mass is 259 g/mol. The molecule has 0 spiro atoms. The third-order valence-electron chi connectivity index (χ3n) is 3.02. The molecule has 0 aliphatic heterocycles. The Morgan fingerprint density at radius 1 is 1.21 bits per heavy atom. The Labute approximate surface area is 114 Å². The maximum absolute atomic E-state index is 5.27. The molecule has 0 bridgehead atoms. The number of benzene rings is 1. The first-order valence-corrected chi connectivity index (χ1v) is 6.86. The molecule has 1 atom stereocenters. The molecule has 2 rings (SSSR count). The topological polar surface area (TPSA) is 51.0 Å². The zero-order valence-electron chi connectivity index (χ0n) is 11.6. The van der Waals surface area contributed by atoms with Crippen molar-refractivity contribution < 1.29 is 4.52 Å². The lowest BCUT2D eigenvalue weighted by Crippen LogP contribution is -2.27. The second-order valence-corrected chi connectivity index (χ2v) is 4.75. The van der Waals surface area contributed by atoms with E-state index < -0.39 is 0 Å². The molecular formula is C15H21N3O. The lowest BCUT2D eigenvalue weighted by Gasteiger charge is -2.07. The molecule has 0 saturated heterocycles. The molecule has 0 aliphatic rings. The number of hydrogen-bond donors (Lipinski definition) is 1. The lowest BCUT2D eigenvalue weighted by atomic mass is 10.1. The van der Waals surface area contributed by atoms with Crippen molar-refractivity contribution in [3.8, 4) is 0 Å². The van der Waals surface area contributed by atoms with Crippen LogP contribution in [0, 0.1) is 0 Å². The van der Waals surface area contributed by atoms with Crippen molar-refractivity contribution >= 4 is 0 Å². The first-order chi connectivity index (χ1) is 9.28. The van der Waals surface area contributed by atoms with Gasteiger partial charge in [-0.15, -0.1) is 0 Å². The fourth-order valence-corrected chi connectivity index (χ4v) is 2.06. The summed E-state index contributed by atoms with van der Waals surface area (Å²) in [5.41, 5.74) is 1.30. The van der Waals surface area contributed by atoms with Crippen molar-refractivity contribution in [3.05, 3.63) is 47.6 Å². The average molecular weight is 259 g/mol. The van der Waals surface area contributed by atoms with Gasteiger partial charge in [-0.3, -0.25) is 0 Å². The van der Waals surface area contributed by atoms with E-state index in [9.17, 15) is 0 Å². The van der Waals surface area contributed by atoms with E-state index in [2.05, 4.69) is 53.6 Å². The number of nitrogens with one attached hydrogen (secondary N) is 1. The Kier molecular flexibility index (Phi) is 5.10. The van der Waals surface area contributed by atoms with Crippen molar-refractivity contribution in [3.63, 3.8) is 0 Å². The second kappa shape index (κ2) is 7.04. The summed E-state index contributed by atoms with van der Waals surface area (Å²) in [6.45, 7) is 5.17. The van der Waals surface area contributed by atoms with E-state index in [0.29, 0.717) is 6.04 Å². The molecular weight excluding hydrogens is 238 g/mol. The van der Waals surface area contributed by atoms with E-state index in [4.69, 9.17) is 4.52 Å². The van der Waals surface area contributed by atoms with Crippen LogP contribution >= 0.6 is 0 Å². The zero-order valence-corrected chi connectivity index (χ0v) is 11.6. The van der Waals surface area contributed by atoms with Crippen LogP contribution in [-0.2, 0) is 19.3 Å². The van der Waals surface area contributed by atoms with Crippen molar-refractivity contribution in [2.45, 2.75) is 39.2 Å². The van der Waals surface area contributed by atoms with Crippen molar-refractivity contribution in [2.75, 3.05) is 6.54 Å². The summed E-state index contributed by atoms with van der Waals surface area (Å²) >= 11 is 0. The molecule has 0 saturated carbocycles. The normalized spacial score (nSPS) is 12.5. The largest absolute Gasteiger partial charge is 0.339 e. The summed E-state index contributed by atoms with van der Waals surface area (Å²) < 4.78 is 5.27. The number of aryl methyl sites for hydroxylation is 2.